The summed E-state index contributed by atoms with van der Waals surface area (Å²) >= 11 is 1.44. The number of pyridine rings is 1. The number of hydrazine groups is 1. The zero-order valence-electron chi connectivity index (χ0n) is 9.42. The van der Waals surface area contributed by atoms with Crippen molar-refractivity contribution >= 4 is 23.4 Å². The van der Waals surface area contributed by atoms with E-state index in [1.165, 1.54) is 18.0 Å². The Hall–Kier alpha value is -1.99. The Bertz CT molecular complexity index is 555. The van der Waals surface area contributed by atoms with Gasteiger partial charge in [-0.1, -0.05) is 11.8 Å². The summed E-state index contributed by atoms with van der Waals surface area (Å²) in [5.41, 5.74) is 8.81. The molecule has 0 unspecified atom stereocenters. The first-order valence-electron chi connectivity index (χ1n) is 5.12. The van der Waals surface area contributed by atoms with Crippen molar-refractivity contribution in [3.63, 3.8) is 0 Å². The van der Waals surface area contributed by atoms with Gasteiger partial charge in [-0.3, -0.25) is 10.2 Å². The fraction of sp³-hybridized carbons (Fsp3) is 0.0909. The zero-order valence-corrected chi connectivity index (χ0v) is 10.2. The van der Waals surface area contributed by atoms with Gasteiger partial charge in [-0.2, -0.15) is 0 Å². The van der Waals surface area contributed by atoms with E-state index < -0.39 is 0 Å². The molecule has 2 heterocycles. The van der Waals surface area contributed by atoms with Crippen LogP contribution in [0, 0.1) is 0 Å². The number of rotatable bonds is 4. The molecular formula is C11H12N4O2S. The number of carbonyl (C=O) groups excluding carboxylic acids is 1. The number of furan rings is 1. The first kappa shape index (κ1) is 12.5. The van der Waals surface area contributed by atoms with E-state index in [1.54, 1.807) is 24.4 Å². The van der Waals surface area contributed by atoms with E-state index in [9.17, 15) is 4.79 Å². The van der Waals surface area contributed by atoms with Crippen molar-refractivity contribution in [2.45, 2.75) is 10.8 Å². The van der Waals surface area contributed by atoms with Crippen LogP contribution in [0.2, 0.25) is 0 Å². The molecule has 18 heavy (non-hydrogen) atoms. The molecule has 0 aliphatic rings. The van der Waals surface area contributed by atoms with Crippen LogP contribution in [0.5, 0.6) is 0 Å². The summed E-state index contributed by atoms with van der Waals surface area (Å²) in [4.78, 5) is 15.4. The van der Waals surface area contributed by atoms with Crippen LogP contribution in [0.4, 0.5) is 5.69 Å². The van der Waals surface area contributed by atoms with Crippen LogP contribution in [0.3, 0.4) is 0 Å². The van der Waals surface area contributed by atoms with Crippen LogP contribution < -0.4 is 17.0 Å². The molecular weight excluding hydrogens is 252 g/mol. The van der Waals surface area contributed by atoms with Crippen molar-refractivity contribution in [3.05, 3.63) is 42.0 Å². The monoisotopic (exact) mass is 264 g/mol. The molecule has 2 aromatic rings. The minimum atomic E-state index is -0.382. The van der Waals surface area contributed by atoms with Crippen LogP contribution in [-0.2, 0) is 5.75 Å². The van der Waals surface area contributed by atoms with Crippen LogP contribution in [0.15, 0.2) is 40.1 Å². The van der Waals surface area contributed by atoms with Crippen LogP contribution in [-0.4, -0.2) is 10.9 Å². The number of hydrogen-bond donors (Lipinski definition) is 3. The van der Waals surface area contributed by atoms with E-state index in [0.717, 1.165) is 5.03 Å². The van der Waals surface area contributed by atoms with Crippen molar-refractivity contribution in [3.8, 4) is 0 Å². The molecule has 0 saturated heterocycles. The van der Waals surface area contributed by atoms with Crippen LogP contribution in [0.1, 0.15) is 16.1 Å². The minimum absolute atomic E-state index is 0.382. The normalized spacial score (nSPS) is 10.3. The highest BCUT2D eigenvalue weighted by atomic mass is 32.2. The first-order chi connectivity index (χ1) is 8.70. The molecule has 7 heteroatoms. The first-order valence-corrected chi connectivity index (χ1v) is 6.11. The van der Waals surface area contributed by atoms with E-state index in [0.29, 0.717) is 22.8 Å². The molecule has 2 aromatic heterocycles. The van der Waals surface area contributed by atoms with Crippen LogP contribution in [0.25, 0.3) is 0 Å². The van der Waals surface area contributed by atoms with Gasteiger partial charge in [0.2, 0.25) is 0 Å². The predicted octanol–water partition coefficient (Wildman–Crippen LogP) is 1.15. The molecule has 1 amide bonds. The Morgan fingerprint density at radius 3 is 3.11 bits per heavy atom. The molecule has 0 radical (unpaired) electrons. The quantitative estimate of drug-likeness (QED) is 0.331. The summed E-state index contributed by atoms with van der Waals surface area (Å²) in [6.07, 6.45) is 3.04. The third-order valence-electron chi connectivity index (χ3n) is 2.20. The van der Waals surface area contributed by atoms with Crippen molar-refractivity contribution in [1.82, 2.24) is 10.4 Å². The number of nitrogens with zero attached hydrogens (tertiary/aromatic N) is 1. The fourth-order valence-corrected chi connectivity index (χ4v) is 2.12. The van der Waals surface area contributed by atoms with Crippen molar-refractivity contribution in [1.29, 1.82) is 0 Å². The number of carbonyl (C=O) groups is 1. The number of nitrogen functional groups attached to an aromatic ring is 2. The van der Waals surface area contributed by atoms with Crippen molar-refractivity contribution < 1.29 is 9.21 Å². The van der Waals surface area contributed by atoms with E-state index >= 15 is 0 Å². The number of nitrogens with two attached hydrogens (primary N) is 2. The second-order valence-corrected chi connectivity index (χ2v) is 4.43. The number of aromatic nitrogens is 1. The van der Waals surface area contributed by atoms with Gasteiger partial charge in [-0.05, 0) is 18.2 Å². The topological polar surface area (TPSA) is 107 Å². The van der Waals surface area contributed by atoms with Gasteiger partial charge in [0, 0.05) is 6.20 Å². The van der Waals surface area contributed by atoms with E-state index in [1.807, 2.05) is 5.43 Å². The fourth-order valence-electron chi connectivity index (χ4n) is 1.32. The second-order valence-electron chi connectivity index (χ2n) is 3.46. The van der Waals surface area contributed by atoms with E-state index in [2.05, 4.69) is 4.98 Å². The number of anilines is 1. The molecule has 0 saturated carbocycles. The summed E-state index contributed by atoms with van der Waals surface area (Å²) in [6.45, 7) is 0. The molecule has 0 aliphatic carbocycles. The smallest absolute Gasteiger partial charge is 0.268 e. The molecule has 5 N–H and O–H groups in total. The Balaban J connectivity index is 2.01. The molecule has 6 nitrogen and oxygen atoms in total. The van der Waals surface area contributed by atoms with Gasteiger partial charge in [0.1, 0.15) is 17.0 Å². The maximum absolute atomic E-state index is 11.2. The molecule has 94 valence electrons. The molecule has 0 spiro atoms. The zero-order chi connectivity index (χ0) is 13.0. The highest BCUT2D eigenvalue weighted by molar-refractivity contribution is 7.98. The van der Waals surface area contributed by atoms with Crippen LogP contribution >= 0.6 is 11.8 Å². The maximum Gasteiger partial charge on any atom is 0.268 e. The molecule has 0 aliphatic heterocycles. The van der Waals surface area contributed by atoms with Gasteiger partial charge in [0.05, 0.1) is 17.0 Å². The lowest BCUT2D eigenvalue weighted by molar-refractivity contribution is 0.0953. The lowest BCUT2D eigenvalue weighted by Crippen LogP contribution is -2.29. The predicted molar refractivity (Wildman–Crippen MR) is 68.6 cm³/mol. The third kappa shape index (κ3) is 2.82. The average molecular weight is 264 g/mol. The number of thioether (sulfide) groups is 1. The lowest BCUT2D eigenvalue weighted by atomic mass is 10.3. The highest BCUT2D eigenvalue weighted by Gasteiger charge is 2.09. The van der Waals surface area contributed by atoms with Gasteiger partial charge in [0.25, 0.3) is 5.91 Å². The molecule has 0 fully saturated rings. The number of nitrogens with one attached hydrogen (secondary N) is 1. The number of hydrogen-bond acceptors (Lipinski definition) is 6. The Labute approximate surface area is 108 Å². The maximum atomic E-state index is 11.2. The Kier molecular flexibility index (Phi) is 3.85. The van der Waals surface area contributed by atoms with Gasteiger partial charge < -0.3 is 10.2 Å². The summed E-state index contributed by atoms with van der Waals surface area (Å²) in [5.74, 6) is 5.84. The van der Waals surface area contributed by atoms with Gasteiger partial charge in [-0.25, -0.2) is 10.8 Å². The molecule has 0 atom stereocenters. The Morgan fingerprint density at radius 2 is 2.39 bits per heavy atom. The van der Waals surface area contributed by atoms with Gasteiger partial charge in [0.15, 0.2) is 0 Å². The third-order valence-corrected chi connectivity index (χ3v) is 3.24. The standard InChI is InChI=1S/C11H12N4O2S/c12-9-2-1-3-14-11(9)18-6-8-4-7(5-17-8)10(16)15-13/h1-5H,6,12-13H2,(H,15,16). The van der Waals surface area contributed by atoms with Crippen molar-refractivity contribution in [2.24, 2.45) is 5.84 Å². The second kappa shape index (κ2) is 5.56. The summed E-state index contributed by atoms with van der Waals surface area (Å²) < 4.78 is 5.24. The summed E-state index contributed by atoms with van der Waals surface area (Å²) in [7, 11) is 0. The number of amides is 1. The molecule has 0 bridgehead atoms. The lowest BCUT2D eigenvalue weighted by Gasteiger charge is -2.01. The summed E-state index contributed by atoms with van der Waals surface area (Å²) in [5, 5.41) is 0.735. The van der Waals surface area contributed by atoms with E-state index in [4.69, 9.17) is 16.0 Å². The SMILES string of the molecule is NNC(=O)c1coc(CSc2ncccc2N)c1. The Morgan fingerprint density at radius 1 is 1.56 bits per heavy atom. The molecule has 0 aromatic carbocycles. The highest BCUT2D eigenvalue weighted by Crippen LogP contribution is 2.26. The molecule has 2 rings (SSSR count). The van der Waals surface area contributed by atoms with Crippen molar-refractivity contribution in [2.75, 3.05) is 5.73 Å². The van der Waals surface area contributed by atoms with Gasteiger partial charge in [-0.15, -0.1) is 0 Å². The van der Waals surface area contributed by atoms with Gasteiger partial charge >= 0.3 is 0 Å². The summed E-state index contributed by atoms with van der Waals surface area (Å²) in [6, 6.07) is 5.19. The average Bonchev–Trinajstić information content (AvgIpc) is 2.86. The van der Waals surface area contributed by atoms with E-state index in [-0.39, 0.29) is 5.91 Å². The largest absolute Gasteiger partial charge is 0.468 e. The minimum Gasteiger partial charge on any atom is -0.468 e.